The number of hydrogen-bond acceptors (Lipinski definition) is 8. The summed E-state index contributed by atoms with van der Waals surface area (Å²) in [6.07, 6.45) is 3.43. The van der Waals surface area contributed by atoms with Crippen LogP contribution in [0.3, 0.4) is 0 Å². The van der Waals surface area contributed by atoms with Gasteiger partial charge < -0.3 is 19.3 Å². The Morgan fingerprint density at radius 2 is 1.83 bits per heavy atom. The molecule has 11 heteroatoms. The van der Waals surface area contributed by atoms with Crippen LogP contribution in [0.2, 0.25) is 5.02 Å². The lowest BCUT2D eigenvalue weighted by Gasteiger charge is -2.28. The molecule has 5 atom stereocenters. The number of imidazole rings is 1. The number of halogens is 1. The van der Waals surface area contributed by atoms with E-state index in [2.05, 4.69) is 22.1 Å². The zero-order chi connectivity index (χ0) is 25.0. The summed E-state index contributed by atoms with van der Waals surface area (Å²) in [6, 6.07) is 10.4. The smallest absolute Gasteiger partial charge is 0.296 e. The summed E-state index contributed by atoms with van der Waals surface area (Å²) < 4.78 is 37.1. The fourth-order valence-electron chi connectivity index (χ4n) is 5.60. The maximum absolute atomic E-state index is 12.1. The molecule has 2 saturated heterocycles. The summed E-state index contributed by atoms with van der Waals surface area (Å²) >= 11 is 6.58. The number of nitrogens with one attached hydrogen (secondary N) is 2. The van der Waals surface area contributed by atoms with E-state index in [1.807, 2.05) is 12.1 Å². The monoisotopic (exact) mass is 532 g/mol. The van der Waals surface area contributed by atoms with Gasteiger partial charge in [-0.3, -0.25) is 9.76 Å². The molecule has 4 heterocycles. The Bertz CT molecular complexity index is 1370. The van der Waals surface area contributed by atoms with Gasteiger partial charge in [0.2, 0.25) is 0 Å². The van der Waals surface area contributed by atoms with Crippen LogP contribution in [0.25, 0.3) is 22.4 Å². The molecular weight excluding hydrogens is 504 g/mol. The van der Waals surface area contributed by atoms with Gasteiger partial charge >= 0.3 is 0 Å². The number of H-pyrrole nitrogens is 1. The third-order valence-corrected chi connectivity index (χ3v) is 9.65. The van der Waals surface area contributed by atoms with Crippen molar-refractivity contribution in [1.82, 2.24) is 15.0 Å². The molecule has 0 spiro atoms. The summed E-state index contributed by atoms with van der Waals surface area (Å²) in [4.78, 5) is 12.3. The number of fused-ring (bicyclic) bond motifs is 2. The zero-order valence-corrected chi connectivity index (χ0v) is 21.4. The van der Waals surface area contributed by atoms with Crippen molar-refractivity contribution in [3.63, 3.8) is 0 Å². The predicted octanol–water partition coefficient (Wildman–Crippen LogP) is 3.89. The zero-order valence-electron chi connectivity index (χ0n) is 19.9. The van der Waals surface area contributed by atoms with Gasteiger partial charge in [0.05, 0.1) is 23.9 Å². The number of hydrogen-bond donors (Lipinski definition) is 3. The van der Waals surface area contributed by atoms with Gasteiger partial charge in [-0.15, -0.1) is 0 Å². The first kappa shape index (κ1) is 24.1. The van der Waals surface area contributed by atoms with Crippen molar-refractivity contribution in [2.75, 3.05) is 19.5 Å². The standard InChI is InChI=1S/C25H29ClN4O5S/c1-36(27,32)16-8-6-14(7-9-16)13-2-4-15(5-3-13)21-17(26)10-18-24(29-21)30-25(28-18)35-20-12-34-22-19(31)11-33-23(20)22/h2-5,10,14,16,19-20,22-23,27,31H,6-9,11-12H2,1H3,(H,28,29,30)/t14-,16+,19-,20-,22-,23-,36?/m1/s1. The molecule has 3 fully saturated rings. The van der Waals surface area contributed by atoms with Crippen LogP contribution in [0.4, 0.5) is 0 Å². The van der Waals surface area contributed by atoms with Crippen LogP contribution in [-0.2, 0) is 19.2 Å². The molecule has 9 nitrogen and oxygen atoms in total. The molecule has 192 valence electrons. The Labute approximate surface area is 214 Å². The van der Waals surface area contributed by atoms with E-state index in [9.17, 15) is 9.32 Å². The van der Waals surface area contributed by atoms with E-state index in [0.29, 0.717) is 40.4 Å². The van der Waals surface area contributed by atoms with Gasteiger partial charge in [-0.25, -0.2) is 9.19 Å². The molecule has 0 radical (unpaired) electrons. The SMILES string of the molecule is CS(=N)(=O)[C@H]1CC[C@@H](c2ccc(-c3nc4[nH]c(O[C@@H]5CO[C@H]6[C@@H]5OC[C@H]6O)nc4cc3Cl)cc2)CC1. The van der Waals surface area contributed by atoms with Crippen molar-refractivity contribution < 1.29 is 23.5 Å². The topological polar surface area (TPSA) is 130 Å². The number of benzene rings is 1. The molecule has 0 bridgehead atoms. The molecule has 1 saturated carbocycles. The fourth-order valence-corrected chi connectivity index (χ4v) is 7.03. The van der Waals surface area contributed by atoms with Crippen LogP contribution in [-0.4, -0.2) is 73.4 Å². The van der Waals surface area contributed by atoms with Crippen molar-refractivity contribution in [3.05, 3.63) is 40.9 Å². The van der Waals surface area contributed by atoms with E-state index in [-0.39, 0.29) is 30.2 Å². The molecule has 3 aromatic rings. The first-order valence-electron chi connectivity index (χ1n) is 12.2. The van der Waals surface area contributed by atoms with Crippen LogP contribution in [0, 0.1) is 4.78 Å². The lowest BCUT2D eigenvalue weighted by Crippen LogP contribution is -2.34. The molecule has 0 amide bonds. The van der Waals surface area contributed by atoms with Gasteiger partial charge in [0.25, 0.3) is 6.01 Å². The average Bonchev–Trinajstić information content (AvgIpc) is 3.55. The predicted molar refractivity (Wildman–Crippen MR) is 136 cm³/mol. The van der Waals surface area contributed by atoms with Crippen molar-refractivity contribution in [2.45, 2.75) is 61.3 Å². The number of aromatic nitrogens is 3. The van der Waals surface area contributed by atoms with E-state index in [4.69, 9.17) is 35.6 Å². The minimum absolute atomic E-state index is 0.00550. The fraction of sp³-hybridized carbons (Fsp3) is 0.520. The molecule has 1 aliphatic carbocycles. The summed E-state index contributed by atoms with van der Waals surface area (Å²) in [5.74, 6) is 0.416. The average molecular weight is 533 g/mol. The Kier molecular flexibility index (Phi) is 6.20. The molecule has 2 aromatic heterocycles. The van der Waals surface area contributed by atoms with Gasteiger partial charge in [0.15, 0.2) is 11.8 Å². The number of aromatic amines is 1. The lowest BCUT2D eigenvalue weighted by molar-refractivity contribution is 0.00706. The second-order valence-corrected chi connectivity index (χ2v) is 12.9. The Morgan fingerprint density at radius 1 is 1.11 bits per heavy atom. The minimum atomic E-state index is -2.47. The van der Waals surface area contributed by atoms with Crippen LogP contribution in [0.5, 0.6) is 6.01 Å². The van der Waals surface area contributed by atoms with E-state index >= 15 is 0 Å². The first-order chi connectivity index (χ1) is 17.3. The van der Waals surface area contributed by atoms with E-state index in [1.165, 1.54) is 5.56 Å². The largest absolute Gasteiger partial charge is 0.456 e. The number of aliphatic hydroxyl groups is 1. The first-order valence-corrected chi connectivity index (χ1v) is 14.6. The molecule has 36 heavy (non-hydrogen) atoms. The number of nitrogens with zero attached hydrogens (tertiary/aromatic N) is 2. The molecule has 3 aliphatic rings. The molecule has 3 N–H and O–H groups in total. The highest BCUT2D eigenvalue weighted by Crippen LogP contribution is 2.37. The van der Waals surface area contributed by atoms with Gasteiger partial charge in [0.1, 0.15) is 23.8 Å². The second-order valence-electron chi connectivity index (χ2n) is 10.0. The Hall–Kier alpha value is -2.24. The van der Waals surface area contributed by atoms with E-state index in [0.717, 1.165) is 31.2 Å². The maximum atomic E-state index is 12.1. The van der Waals surface area contributed by atoms with Crippen molar-refractivity contribution in [1.29, 1.82) is 4.78 Å². The van der Waals surface area contributed by atoms with E-state index in [1.54, 1.807) is 12.3 Å². The summed E-state index contributed by atoms with van der Waals surface area (Å²) in [7, 11) is -2.47. The van der Waals surface area contributed by atoms with Crippen molar-refractivity contribution in [2.24, 2.45) is 0 Å². The van der Waals surface area contributed by atoms with Gasteiger partial charge in [-0.05, 0) is 43.2 Å². The molecular formula is C25H29ClN4O5S. The van der Waals surface area contributed by atoms with Crippen molar-refractivity contribution in [3.8, 4) is 17.3 Å². The highest BCUT2D eigenvalue weighted by molar-refractivity contribution is 7.92. The highest BCUT2D eigenvalue weighted by Gasteiger charge is 2.48. The second kappa shape index (κ2) is 9.25. The summed E-state index contributed by atoms with van der Waals surface area (Å²) in [5.41, 5.74) is 3.96. The third-order valence-electron chi connectivity index (χ3n) is 7.61. The van der Waals surface area contributed by atoms with Gasteiger partial charge in [-0.2, -0.15) is 4.98 Å². The Morgan fingerprint density at radius 3 is 2.56 bits per heavy atom. The third kappa shape index (κ3) is 4.50. The maximum Gasteiger partial charge on any atom is 0.296 e. The highest BCUT2D eigenvalue weighted by atomic mass is 35.5. The normalized spacial score (nSPS) is 31.9. The number of aliphatic hydroxyl groups excluding tert-OH is 1. The van der Waals surface area contributed by atoms with Crippen LogP contribution in [0.1, 0.15) is 37.2 Å². The van der Waals surface area contributed by atoms with Crippen LogP contribution < -0.4 is 4.74 Å². The van der Waals surface area contributed by atoms with Gasteiger partial charge in [-0.1, -0.05) is 35.9 Å². The van der Waals surface area contributed by atoms with E-state index < -0.39 is 15.8 Å². The quantitative estimate of drug-likeness (QED) is 0.454. The Balaban J connectivity index is 1.17. The minimum Gasteiger partial charge on any atom is -0.456 e. The molecule has 6 rings (SSSR count). The lowest BCUT2D eigenvalue weighted by atomic mass is 9.83. The molecule has 2 aliphatic heterocycles. The molecule has 1 aromatic carbocycles. The van der Waals surface area contributed by atoms with Crippen molar-refractivity contribution >= 4 is 32.5 Å². The summed E-state index contributed by atoms with van der Waals surface area (Å²) in [6.45, 7) is 0.555. The van der Waals surface area contributed by atoms with Crippen LogP contribution >= 0.6 is 11.6 Å². The molecule has 1 unspecified atom stereocenters. The number of pyridine rings is 1. The van der Waals surface area contributed by atoms with Crippen LogP contribution in [0.15, 0.2) is 30.3 Å². The number of ether oxygens (including phenoxy) is 3. The summed E-state index contributed by atoms with van der Waals surface area (Å²) in [5, 5.41) is 10.4. The number of rotatable bonds is 5. The van der Waals surface area contributed by atoms with Gasteiger partial charge in [0, 0.05) is 26.8 Å².